The molecule has 1 aliphatic rings. The molecule has 106 valence electrons. The second-order valence-corrected chi connectivity index (χ2v) is 5.22. The minimum atomic E-state index is -0.281. The fourth-order valence-corrected chi connectivity index (χ4v) is 2.93. The predicted octanol–water partition coefficient (Wildman–Crippen LogP) is 2.52. The smallest absolute Gasteiger partial charge is 0.334 e. The number of aryl methyl sites for hydroxylation is 2. The summed E-state index contributed by atoms with van der Waals surface area (Å²) in [5, 5.41) is 15.6. The van der Waals surface area contributed by atoms with Crippen molar-refractivity contribution in [1.29, 1.82) is 0 Å². The Morgan fingerprint density at radius 2 is 2.21 bits per heavy atom. The lowest BCUT2D eigenvalue weighted by atomic mass is 9.95. The van der Waals surface area contributed by atoms with E-state index in [1.807, 2.05) is 6.92 Å². The topological polar surface area (TPSA) is 64.2 Å². The highest BCUT2D eigenvalue weighted by Gasteiger charge is 2.31. The van der Waals surface area contributed by atoms with Crippen molar-refractivity contribution in [2.24, 2.45) is 13.0 Å². The first-order valence-corrected chi connectivity index (χ1v) is 7.03. The normalized spacial score (nSPS) is 19.7. The number of anilines is 1. The number of hydrogen-bond donors (Lipinski definition) is 0. The van der Waals surface area contributed by atoms with Gasteiger partial charge in [-0.1, -0.05) is 20.3 Å². The Morgan fingerprint density at radius 1 is 1.47 bits per heavy atom. The number of aromatic nitrogens is 2. The van der Waals surface area contributed by atoms with Crippen molar-refractivity contribution in [2.75, 3.05) is 18.0 Å². The van der Waals surface area contributed by atoms with Crippen molar-refractivity contribution in [3.05, 3.63) is 15.8 Å². The van der Waals surface area contributed by atoms with E-state index in [2.05, 4.69) is 16.9 Å². The van der Waals surface area contributed by atoms with E-state index >= 15 is 0 Å². The van der Waals surface area contributed by atoms with Crippen LogP contribution in [0.25, 0.3) is 0 Å². The van der Waals surface area contributed by atoms with E-state index in [0.717, 1.165) is 25.9 Å². The van der Waals surface area contributed by atoms with Crippen LogP contribution in [-0.4, -0.2) is 27.8 Å². The minimum Gasteiger partial charge on any atom is -0.351 e. The molecular formula is C13H22N4O2. The first-order chi connectivity index (χ1) is 9.08. The van der Waals surface area contributed by atoms with Crippen molar-refractivity contribution in [3.8, 4) is 0 Å². The molecule has 0 radical (unpaired) electrons. The van der Waals surface area contributed by atoms with E-state index in [-0.39, 0.29) is 10.6 Å². The van der Waals surface area contributed by atoms with Gasteiger partial charge in [-0.3, -0.25) is 10.1 Å². The summed E-state index contributed by atoms with van der Waals surface area (Å²) >= 11 is 0. The lowest BCUT2D eigenvalue weighted by molar-refractivity contribution is -0.384. The second-order valence-electron chi connectivity index (χ2n) is 5.22. The molecule has 0 N–H and O–H groups in total. The molecule has 1 unspecified atom stereocenters. The highest BCUT2D eigenvalue weighted by atomic mass is 16.6. The molecule has 0 bridgehead atoms. The molecular weight excluding hydrogens is 244 g/mol. The Labute approximate surface area is 113 Å². The Bertz CT molecular complexity index is 469. The van der Waals surface area contributed by atoms with Gasteiger partial charge in [0.1, 0.15) is 5.69 Å². The summed E-state index contributed by atoms with van der Waals surface area (Å²) in [6.45, 7) is 5.88. The molecule has 2 heterocycles. The zero-order valence-corrected chi connectivity index (χ0v) is 11.9. The van der Waals surface area contributed by atoms with Gasteiger partial charge in [0.05, 0.1) is 4.92 Å². The molecule has 0 saturated carbocycles. The Morgan fingerprint density at radius 3 is 2.79 bits per heavy atom. The average Bonchev–Trinajstić information content (AvgIpc) is 2.75. The number of hydrogen-bond acceptors (Lipinski definition) is 4. The summed E-state index contributed by atoms with van der Waals surface area (Å²) in [6, 6.07) is 0. The van der Waals surface area contributed by atoms with Crippen LogP contribution in [0.1, 0.15) is 38.8 Å². The molecule has 0 aliphatic carbocycles. The van der Waals surface area contributed by atoms with Crippen LogP contribution < -0.4 is 4.90 Å². The Balaban J connectivity index is 2.38. The third-order valence-electron chi connectivity index (χ3n) is 3.98. The maximum atomic E-state index is 11.3. The molecule has 0 amide bonds. The van der Waals surface area contributed by atoms with Crippen LogP contribution in [0.5, 0.6) is 0 Å². The number of nitro groups is 1. The molecule has 0 spiro atoms. The van der Waals surface area contributed by atoms with Crippen LogP contribution in [0.4, 0.5) is 11.5 Å². The van der Waals surface area contributed by atoms with Crippen molar-refractivity contribution in [1.82, 2.24) is 9.78 Å². The van der Waals surface area contributed by atoms with Crippen molar-refractivity contribution in [2.45, 2.75) is 39.5 Å². The molecule has 1 atom stereocenters. The molecule has 19 heavy (non-hydrogen) atoms. The highest BCUT2D eigenvalue weighted by Crippen LogP contribution is 2.34. The largest absolute Gasteiger partial charge is 0.351 e. The number of nitrogens with zero attached hydrogens (tertiary/aromatic N) is 4. The molecule has 1 saturated heterocycles. The molecule has 2 rings (SSSR count). The van der Waals surface area contributed by atoms with E-state index < -0.39 is 0 Å². The summed E-state index contributed by atoms with van der Waals surface area (Å²) < 4.78 is 1.68. The van der Waals surface area contributed by atoms with Crippen LogP contribution >= 0.6 is 0 Å². The highest BCUT2D eigenvalue weighted by molar-refractivity contribution is 5.61. The number of piperidine rings is 1. The number of rotatable bonds is 4. The fraction of sp³-hybridized carbons (Fsp3) is 0.769. The second kappa shape index (κ2) is 5.59. The molecule has 1 aromatic heterocycles. The van der Waals surface area contributed by atoms with Gasteiger partial charge in [0, 0.05) is 20.1 Å². The minimum absolute atomic E-state index is 0.196. The maximum Gasteiger partial charge on any atom is 0.334 e. The molecule has 1 aliphatic heterocycles. The average molecular weight is 266 g/mol. The summed E-state index contributed by atoms with van der Waals surface area (Å²) in [4.78, 5) is 13.2. The van der Waals surface area contributed by atoms with E-state index in [4.69, 9.17) is 0 Å². The SMILES string of the molecule is CCc1nn(C)c(N2CCCC(CC)C2)c1[N+](=O)[O-]. The third kappa shape index (κ3) is 2.57. The van der Waals surface area contributed by atoms with Gasteiger partial charge in [0.15, 0.2) is 0 Å². The molecule has 0 aromatic carbocycles. The van der Waals surface area contributed by atoms with Gasteiger partial charge >= 0.3 is 5.69 Å². The maximum absolute atomic E-state index is 11.3. The molecule has 6 heteroatoms. The van der Waals surface area contributed by atoms with Crippen molar-refractivity contribution >= 4 is 11.5 Å². The van der Waals surface area contributed by atoms with E-state index in [1.54, 1.807) is 11.7 Å². The third-order valence-corrected chi connectivity index (χ3v) is 3.98. The van der Waals surface area contributed by atoms with E-state index in [1.165, 1.54) is 6.42 Å². The van der Waals surface area contributed by atoms with Gasteiger partial charge in [-0.2, -0.15) is 5.10 Å². The van der Waals surface area contributed by atoms with Gasteiger partial charge in [-0.05, 0) is 25.2 Å². The van der Waals surface area contributed by atoms with E-state index in [9.17, 15) is 10.1 Å². The van der Waals surface area contributed by atoms with Crippen LogP contribution in [0.3, 0.4) is 0 Å². The zero-order chi connectivity index (χ0) is 14.0. The Kier molecular flexibility index (Phi) is 4.07. The molecule has 1 fully saturated rings. The van der Waals surface area contributed by atoms with Gasteiger partial charge in [0.2, 0.25) is 5.82 Å². The first kappa shape index (κ1) is 13.8. The van der Waals surface area contributed by atoms with Gasteiger partial charge in [-0.15, -0.1) is 0 Å². The van der Waals surface area contributed by atoms with Crippen LogP contribution in [0, 0.1) is 16.0 Å². The van der Waals surface area contributed by atoms with Crippen molar-refractivity contribution < 1.29 is 4.92 Å². The predicted molar refractivity (Wildman–Crippen MR) is 74.5 cm³/mol. The molecule has 6 nitrogen and oxygen atoms in total. The first-order valence-electron chi connectivity index (χ1n) is 7.03. The standard InChI is InChI=1S/C13H22N4O2/c1-4-10-7-6-8-16(9-10)13-12(17(18)19)11(5-2)14-15(13)3/h10H,4-9H2,1-3H3. The summed E-state index contributed by atoms with van der Waals surface area (Å²) in [7, 11) is 1.80. The van der Waals surface area contributed by atoms with Crippen LogP contribution in [0.2, 0.25) is 0 Å². The fourth-order valence-electron chi connectivity index (χ4n) is 2.93. The van der Waals surface area contributed by atoms with Gasteiger partial charge in [-0.25, -0.2) is 4.68 Å². The van der Waals surface area contributed by atoms with E-state index in [0.29, 0.717) is 23.9 Å². The summed E-state index contributed by atoms with van der Waals surface area (Å²) in [5.74, 6) is 1.31. The van der Waals surface area contributed by atoms with Crippen molar-refractivity contribution in [3.63, 3.8) is 0 Å². The lowest BCUT2D eigenvalue weighted by Crippen LogP contribution is -2.36. The monoisotopic (exact) mass is 266 g/mol. The van der Waals surface area contributed by atoms with Gasteiger partial charge < -0.3 is 4.90 Å². The summed E-state index contributed by atoms with van der Waals surface area (Å²) in [6.07, 6.45) is 4.04. The Hall–Kier alpha value is -1.59. The summed E-state index contributed by atoms with van der Waals surface area (Å²) in [5.41, 5.74) is 0.780. The molecule has 1 aromatic rings. The van der Waals surface area contributed by atoms with Gasteiger partial charge in [0.25, 0.3) is 0 Å². The van der Waals surface area contributed by atoms with Crippen LogP contribution in [0.15, 0.2) is 0 Å². The van der Waals surface area contributed by atoms with Crippen LogP contribution in [-0.2, 0) is 13.5 Å². The lowest BCUT2D eigenvalue weighted by Gasteiger charge is -2.33. The zero-order valence-electron chi connectivity index (χ0n) is 11.9. The quantitative estimate of drug-likeness (QED) is 0.620.